The number of methoxy groups -OCH3 is 1. The standard InChI is InChI=1S/C21H28N6O4/c1-7-10-26-19(29)17-18(27(21(26)30)20-22-14(4)23-20)24-16(25(17)5)9-8-12(2)11-15(28)13(3)31-6/h8-9,11,14,20,22-23,28H,2-3,7,10H2,1,4-6H3/b9-8+,15-11+. The molecule has 2 aromatic rings. The van der Waals surface area contributed by atoms with Crippen molar-refractivity contribution >= 4 is 17.2 Å². The van der Waals surface area contributed by atoms with E-state index in [2.05, 4.69) is 28.8 Å². The molecule has 1 aliphatic heterocycles. The van der Waals surface area contributed by atoms with Crippen LogP contribution in [0.3, 0.4) is 0 Å². The quantitative estimate of drug-likeness (QED) is 0.431. The van der Waals surface area contributed by atoms with Crippen LogP contribution in [0.15, 0.2) is 52.0 Å². The Morgan fingerprint density at radius 1 is 1.32 bits per heavy atom. The average molecular weight is 428 g/mol. The van der Waals surface area contributed by atoms with Crippen molar-refractivity contribution in [3.8, 4) is 0 Å². The number of nitrogens with one attached hydrogen (secondary N) is 2. The first-order chi connectivity index (χ1) is 14.7. The monoisotopic (exact) mass is 428 g/mol. The van der Waals surface area contributed by atoms with Gasteiger partial charge in [-0.05, 0) is 31.1 Å². The third kappa shape index (κ3) is 4.12. The van der Waals surface area contributed by atoms with E-state index >= 15 is 0 Å². The number of aromatic nitrogens is 4. The van der Waals surface area contributed by atoms with E-state index in [0.717, 1.165) is 0 Å². The van der Waals surface area contributed by atoms with Crippen LogP contribution in [0.2, 0.25) is 0 Å². The molecule has 3 heterocycles. The predicted octanol–water partition coefficient (Wildman–Crippen LogP) is 1.47. The summed E-state index contributed by atoms with van der Waals surface area (Å²) in [5.41, 5.74) is 0.290. The number of fused-ring (bicyclic) bond motifs is 1. The highest BCUT2D eigenvalue weighted by molar-refractivity contribution is 5.74. The highest BCUT2D eigenvalue weighted by Crippen LogP contribution is 2.17. The fourth-order valence-electron chi connectivity index (χ4n) is 3.36. The van der Waals surface area contributed by atoms with E-state index in [4.69, 9.17) is 4.74 Å². The summed E-state index contributed by atoms with van der Waals surface area (Å²) >= 11 is 0. The first-order valence-electron chi connectivity index (χ1n) is 9.94. The summed E-state index contributed by atoms with van der Waals surface area (Å²) in [4.78, 5) is 30.6. The normalized spacial score (nSPS) is 19.0. The number of nitrogens with zero attached hydrogens (tertiary/aromatic N) is 4. The number of aliphatic hydroxyl groups excluding tert-OH is 1. The summed E-state index contributed by atoms with van der Waals surface area (Å²) in [5.74, 6) is 0.434. The highest BCUT2D eigenvalue weighted by atomic mass is 16.5. The highest BCUT2D eigenvalue weighted by Gasteiger charge is 2.30. The predicted molar refractivity (Wildman–Crippen MR) is 119 cm³/mol. The zero-order chi connectivity index (χ0) is 22.9. The molecule has 2 aromatic heterocycles. The van der Waals surface area contributed by atoms with Crippen LogP contribution in [-0.4, -0.2) is 37.1 Å². The number of imidazole rings is 1. The van der Waals surface area contributed by atoms with Crippen LogP contribution in [0.5, 0.6) is 0 Å². The van der Waals surface area contributed by atoms with Gasteiger partial charge in [-0.25, -0.2) is 14.3 Å². The second kappa shape index (κ2) is 8.78. The molecule has 10 heteroatoms. The van der Waals surface area contributed by atoms with Crippen LogP contribution in [-0.2, 0) is 18.3 Å². The van der Waals surface area contributed by atoms with Crippen LogP contribution in [0.4, 0.5) is 0 Å². The third-order valence-corrected chi connectivity index (χ3v) is 5.05. The van der Waals surface area contributed by atoms with Gasteiger partial charge in [-0.1, -0.05) is 26.2 Å². The number of hydrogen-bond donors (Lipinski definition) is 3. The van der Waals surface area contributed by atoms with Crippen LogP contribution in [0, 0.1) is 0 Å². The van der Waals surface area contributed by atoms with Gasteiger partial charge in [0.2, 0.25) is 0 Å². The summed E-state index contributed by atoms with van der Waals surface area (Å²) in [6.07, 6.45) is 4.94. The van der Waals surface area contributed by atoms with Crippen molar-refractivity contribution in [3.63, 3.8) is 0 Å². The fourth-order valence-corrected chi connectivity index (χ4v) is 3.36. The van der Waals surface area contributed by atoms with E-state index in [-0.39, 0.29) is 28.9 Å². The van der Waals surface area contributed by atoms with Gasteiger partial charge in [-0.3, -0.25) is 20.0 Å². The summed E-state index contributed by atoms with van der Waals surface area (Å²) < 4.78 is 9.22. The van der Waals surface area contributed by atoms with Crippen molar-refractivity contribution in [2.45, 2.75) is 39.3 Å². The van der Waals surface area contributed by atoms with Crippen LogP contribution >= 0.6 is 0 Å². The maximum atomic E-state index is 13.1. The van der Waals surface area contributed by atoms with E-state index in [0.29, 0.717) is 29.9 Å². The lowest BCUT2D eigenvalue weighted by atomic mass is 10.2. The van der Waals surface area contributed by atoms with E-state index in [1.165, 1.54) is 22.3 Å². The Morgan fingerprint density at radius 3 is 2.58 bits per heavy atom. The molecule has 0 aromatic carbocycles. The van der Waals surface area contributed by atoms with Crippen LogP contribution in [0.25, 0.3) is 17.2 Å². The fraction of sp³-hybridized carbons (Fsp3) is 0.381. The lowest BCUT2D eigenvalue weighted by molar-refractivity contribution is 0.144. The van der Waals surface area contributed by atoms with E-state index in [1.807, 2.05) is 13.8 Å². The Balaban J connectivity index is 2.10. The van der Waals surface area contributed by atoms with Gasteiger partial charge in [-0.15, -0.1) is 0 Å². The Morgan fingerprint density at radius 2 is 2.00 bits per heavy atom. The Hall–Kier alpha value is -3.37. The third-order valence-electron chi connectivity index (χ3n) is 5.05. The molecular formula is C21H28N6O4. The van der Waals surface area contributed by atoms with Crippen LogP contribution in [0.1, 0.15) is 32.4 Å². The molecular weight excluding hydrogens is 400 g/mol. The van der Waals surface area contributed by atoms with E-state index in [1.54, 1.807) is 23.8 Å². The summed E-state index contributed by atoms with van der Waals surface area (Å²) in [6.45, 7) is 11.6. The molecule has 1 aliphatic rings. The van der Waals surface area contributed by atoms with Crippen LogP contribution < -0.4 is 21.9 Å². The number of allylic oxidation sites excluding steroid dienone is 3. The zero-order valence-electron chi connectivity index (χ0n) is 18.2. The van der Waals surface area contributed by atoms with Gasteiger partial charge >= 0.3 is 5.69 Å². The average Bonchev–Trinajstić information content (AvgIpc) is 3.03. The SMILES string of the molecule is C=C(/C=C/c1nc2c(c(=O)n(CCC)c(=O)n2C2NC(C)N2)n1C)/C=C(/O)C(=C)OC. The largest absolute Gasteiger partial charge is 0.504 e. The lowest BCUT2D eigenvalue weighted by Gasteiger charge is -2.37. The Labute approximate surface area is 179 Å². The van der Waals surface area contributed by atoms with Gasteiger partial charge in [-0.2, -0.15) is 0 Å². The molecule has 166 valence electrons. The first-order valence-corrected chi connectivity index (χ1v) is 9.94. The number of hydrogen-bond acceptors (Lipinski definition) is 7. The molecule has 0 radical (unpaired) electrons. The lowest BCUT2D eigenvalue weighted by Crippen LogP contribution is -2.64. The van der Waals surface area contributed by atoms with Gasteiger partial charge in [0.1, 0.15) is 12.1 Å². The Kier molecular flexibility index (Phi) is 6.32. The molecule has 1 fully saturated rings. The minimum atomic E-state index is -0.449. The van der Waals surface area contributed by atoms with Crippen molar-refractivity contribution in [3.05, 3.63) is 69.1 Å². The summed E-state index contributed by atoms with van der Waals surface area (Å²) in [6, 6.07) is 0. The topological polar surface area (TPSA) is 115 Å². The maximum absolute atomic E-state index is 13.1. The number of aryl methyl sites for hydroxylation is 1. The van der Waals surface area contributed by atoms with E-state index in [9.17, 15) is 14.7 Å². The van der Waals surface area contributed by atoms with Gasteiger partial charge in [0.05, 0.1) is 13.3 Å². The second-order valence-electron chi connectivity index (χ2n) is 7.33. The number of ether oxygens (including phenoxy) is 1. The van der Waals surface area contributed by atoms with Gasteiger partial charge < -0.3 is 14.4 Å². The van der Waals surface area contributed by atoms with Crippen molar-refractivity contribution in [2.75, 3.05) is 7.11 Å². The minimum absolute atomic E-state index is 0.0474. The van der Waals surface area contributed by atoms with Gasteiger partial charge in [0.15, 0.2) is 22.7 Å². The zero-order valence-corrected chi connectivity index (χ0v) is 18.2. The molecule has 10 nitrogen and oxygen atoms in total. The van der Waals surface area contributed by atoms with Crippen molar-refractivity contribution in [2.24, 2.45) is 7.05 Å². The Bertz CT molecular complexity index is 1210. The number of aliphatic hydroxyl groups is 1. The molecule has 0 atom stereocenters. The summed E-state index contributed by atoms with van der Waals surface area (Å²) in [5, 5.41) is 16.3. The van der Waals surface area contributed by atoms with Gasteiger partial charge in [0.25, 0.3) is 5.56 Å². The molecule has 0 spiro atoms. The summed E-state index contributed by atoms with van der Waals surface area (Å²) in [7, 11) is 3.12. The molecule has 1 saturated heterocycles. The van der Waals surface area contributed by atoms with Crippen molar-refractivity contribution in [1.82, 2.24) is 29.3 Å². The molecule has 0 amide bonds. The minimum Gasteiger partial charge on any atom is -0.504 e. The second-order valence-corrected chi connectivity index (χ2v) is 7.33. The first kappa shape index (κ1) is 22.3. The molecule has 3 N–H and O–H groups in total. The number of rotatable bonds is 8. The van der Waals surface area contributed by atoms with Gasteiger partial charge in [0, 0.05) is 13.6 Å². The molecule has 31 heavy (non-hydrogen) atoms. The molecule has 0 saturated carbocycles. The molecule has 3 rings (SSSR count). The van der Waals surface area contributed by atoms with E-state index < -0.39 is 12.0 Å². The van der Waals surface area contributed by atoms with Crippen molar-refractivity contribution in [1.29, 1.82) is 0 Å². The molecule has 0 unspecified atom stereocenters. The van der Waals surface area contributed by atoms with Crippen molar-refractivity contribution < 1.29 is 9.84 Å². The maximum Gasteiger partial charge on any atom is 0.335 e. The molecule has 0 bridgehead atoms. The smallest absolute Gasteiger partial charge is 0.335 e. The molecule has 0 aliphatic carbocycles.